The number of benzene rings is 1. The van der Waals surface area contributed by atoms with Crippen molar-refractivity contribution >= 4 is 6.03 Å². The van der Waals surface area contributed by atoms with E-state index in [1.54, 1.807) is 7.11 Å². The highest BCUT2D eigenvalue weighted by molar-refractivity contribution is 5.75. The van der Waals surface area contributed by atoms with E-state index >= 15 is 0 Å². The summed E-state index contributed by atoms with van der Waals surface area (Å²) in [6.45, 7) is 1.40. The van der Waals surface area contributed by atoms with Gasteiger partial charge < -0.3 is 20.1 Å². The van der Waals surface area contributed by atoms with Gasteiger partial charge in [0.25, 0.3) is 0 Å². The Bertz CT molecular complexity index is 545. The minimum absolute atomic E-state index is 0.0896. The van der Waals surface area contributed by atoms with E-state index in [-0.39, 0.29) is 17.7 Å². The first-order valence-electron chi connectivity index (χ1n) is 9.54. The fraction of sp³-hybridized carbons (Fsp3) is 0.650. The van der Waals surface area contributed by atoms with Gasteiger partial charge in [-0.2, -0.15) is 0 Å². The van der Waals surface area contributed by atoms with Gasteiger partial charge in [-0.25, -0.2) is 4.79 Å². The maximum Gasteiger partial charge on any atom is 0.315 e. The smallest absolute Gasteiger partial charge is 0.315 e. The lowest BCUT2D eigenvalue weighted by molar-refractivity contribution is 0.110. The van der Waals surface area contributed by atoms with Crippen LogP contribution in [0.15, 0.2) is 24.3 Å². The van der Waals surface area contributed by atoms with Crippen molar-refractivity contribution < 1.29 is 14.3 Å². The molecule has 5 heteroatoms. The Morgan fingerprint density at radius 1 is 1.16 bits per heavy atom. The van der Waals surface area contributed by atoms with E-state index in [0.717, 1.165) is 50.9 Å². The van der Waals surface area contributed by atoms with Gasteiger partial charge >= 0.3 is 6.03 Å². The van der Waals surface area contributed by atoms with Crippen LogP contribution in [0.3, 0.4) is 0 Å². The molecular weight excluding hydrogens is 316 g/mol. The van der Waals surface area contributed by atoms with Gasteiger partial charge in [0.15, 0.2) is 0 Å². The van der Waals surface area contributed by atoms with E-state index in [4.69, 9.17) is 9.47 Å². The van der Waals surface area contributed by atoms with Crippen LogP contribution >= 0.6 is 0 Å². The summed E-state index contributed by atoms with van der Waals surface area (Å²) < 4.78 is 10.9. The van der Waals surface area contributed by atoms with E-state index in [1.807, 2.05) is 12.1 Å². The van der Waals surface area contributed by atoms with Crippen molar-refractivity contribution in [2.75, 3.05) is 20.3 Å². The number of nitrogens with one attached hydrogen (secondary N) is 2. The van der Waals surface area contributed by atoms with Crippen molar-refractivity contribution in [2.24, 2.45) is 0 Å². The summed E-state index contributed by atoms with van der Waals surface area (Å²) in [5.74, 6) is 0.843. The predicted molar refractivity (Wildman–Crippen MR) is 97.9 cm³/mol. The fourth-order valence-electron chi connectivity index (χ4n) is 4.00. The third-order valence-corrected chi connectivity index (χ3v) is 5.47. The van der Waals surface area contributed by atoms with Crippen molar-refractivity contribution in [2.45, 2.75) is 63.0 Å². The number of methoxy groups -OCH3 is 1. The molecule has 1 aromatic carbocycles. The molecule has 2 aliphatic rings. The van der Waals surface area contributed by atoms with Gasteiger partial charge in [0.05, 0.1) is 18.8 Å². The maximum absolute atomic E-state index is 12.6. The molecule has 1 unspecified atom stereocenters. The topological polar surface area (TPSA) is 59.6 Å². The van der Waals surface area contributed by atoms with Crippen LogP contribution in [0.5, 0.6) is 5.75 Å². The molecule has 0 radical (unpaired) electrons. The minimum atomic E-state index is -0.288. The summed E-state index contributed by atoms with van der Waals surface area (Å²) >= 11 is 0. The second-order valence-corrected chi connectivity index (χ2v) is 7.19. The first kappa shape index (κ1) is 18.1. The zero-order valence-electron chi connectivity index (χ0n) is 15.2. The summed E-state index contributed by atoms with van der Waals surface area (Å²) in [4.78, 5) is 12.6. The molecular formula is C20H30N2O3. The molecule has 0 aromatic heterocycles. The number of amides is 2. The largest absolute Gasteiger partial charge is 0.497 e. The molecule has 1 saturated carbocycles. The van der Waals surface area contributed by atoms with Crippen LogP contribution in [0.25, 0.3) is 0 Å². The Labute approximate surface area is 150 Å². The first-order valence-corrected chi connectivity index (χ1v) is 9.54. The number of hydrogen-bond donors (Lipinski definition) is 2. The van der Waals surface area contributed by atoms with Crippen LogP contribution in [0.2, 0.25) is 0 Å². The van der Waals surface area contributed by atoms with Crippen molar-refractivity contribution in [3.63, 3.8) is 0 Å². The minimum Gasteiger partial charge on any atom is -0.497 e. The van der Waals surface area contributed by atoms with Crippen molar-refractivity contribution in [3.05, 3.63) is 29.8 Å². The van der Waals surface area contributed by atoms with Gasteiger partial charge in [-0.3, -0.25) is 0 Å². The van der Waals surface area contributed by atoms with E-state index < -0.39 is 0 Å². The van der Waals surface area contributed by atoms with Crippen LogP contribution in [0.1, 0.15) is 56.9 Å². The lowest BCUT2D eigenvalue weighted by Gasteiger charge is -2.35. The lowest BCUT2D eigenvalue weighted by atomic mass is 9.83. The highest BCUT2D eigenvalue weighted by Gasteiger charge is 2.34. The molecule has 25 heavy (non-hydrogen) atoms. The summed E-state index contributed by atoms with van der Waals surface area (Å²) in [6, 6.07) is 8.05. The molecule has 2 N–H and O–H groups in total. The number of hydrogen-bond acceptors (Lipinski definition) is 3. The molecule has 1 aliphatic heterocycles. The van der Waals surface area contributed by atoms with E-state index in [9.17, 15) is 4.79 Å². The Morgan fingerprint density at radius 3 is 2.48 bits per heavy atom. The molecule has 1 atom stereocenters. The van der Waals surface area contributed by atoms with Crippen molar-refractivity contribution in [3.8, 4) is 5.75 Å². The molecule has 0 bridgehead atoms. The standard InChI is InChI=1S/C20H30N2O3/c1-24-17-10-8-16(9-11-17)20(12-4-2-3-5-13-20)22-19(23)21-15-18-7-6-14-25-18/h8-11,18H,2-7,12-15H2,1H3,(H2,21,22,23). The van der Waals surface area contributed by atoms with Crippen LogP contribution < -0.4 is 15.4 Å². The van der Waals surface area contributed by atoms with Crippen LogP contribution in [0.4, 0.5) is 4.79 Å². The fourth-order valence-corrected chi connectivity index (χ4v) is 4.00. The Balaban J connectivity index is 1.70. The zero-order chi connectivity index (χ0) is 17.5. The summed E-state index contributed by atoms with van der Waals surface area (Å²) in [7, 11) is 1.67. The molecule has 1 heterocycles. The zero-order valence-corrected chi connectivity index (χ0v) is 15.2. The molecule has 2 fully saturated rings. The van der Waals surface area contributed by atoms with E-state index in [0.29, 0.717) is 6.54 Å². The monoisotopic (exact) mass is 346 g/mol. The Morgan fingerprint density at radius 2 is 1.88 bits per heavy atom. The van der Waals surface area contributed by atoms with Gasteiger partial charge in [0.1, 0.15) is 5.75 Å². The van der Waals surface area contributed by atoms with Crippen molar-refractivity contribution in [1.82, 2.24) is 10.6 Å². The first-order chi connectivity index (χ1) is 12.2. The quantitative estimate of drug-likeness (QED) is 0.799. The average Bonchev–Trinajstić information content (AvgIpc) is 3.06. The van der Waals surface area contributed by atoms with Crippen LogP contribution in [0, 0.1) is 0 Å². The Kier molecular flexibility index (Phi) is 6.19. The highest BCUT2D eigenvalue weighted by Crippen LogP contribution is 2.36. The van der Waals surface area contributed by atoms with Gasteiger partial charge in [0.2, 0.25) is 0 Å². The van der Waals surface area contributed by atoms with Gasteiger partial charge in [-0.1, -0.05) is 37.8 Å². The van der Waals surface area contributed by atoms with Gasteiger partial charge in [0, 0.05) is 13.2 Å². The number of urea groups is 1. The Hall–Kier alpha value is -1.75. The second-order valence-electron chi connectivity index (χ2n) is 7.19. The SMILES string of the molecule is COc1ccc(C2(NC(=O)NCC3CCCO3)CCCCCC2)cc1. The lowest BCUT2D eigenvalue weighted by Crippen LogP contribution is -2.51. The van der Waals surface area contributed by atoms with E-state index in [1.165, 1.54) is 18.4 Å². The van der Waals surface area contributed by atoms with E-state index in [2.05, 4.69) is 22.8 Å². The molecule has 0 spiro atoms. The molecule has 1 aliphatic carbocycles. The second kappa shape index (κ2) is 8.56. The molecule has 2 amide bonds. The molecule has 1 saturated heterocycles. The predicted octanol–water partition coefficient (Wildman–Crippen LogP) is 3.72. The number of ether oxygens (including phenoxy) is 2. The third kappa shape index (κ3) is 4.66. The molecule has 138 valence electrons. The maximum atomic E-state index is 12.6. The number of rotatable bonds is 5. The molecule has 3 rings (SSSR count). The average molecular weight is 346 g/mol. The number of carbonyl (C=O) groups excluding carboxylic acids is 1. The summed E-state index contributed by atoms with van der Waals surface area (Å²) in [5, 5.41) is 6.31. The molecule has 5 nitrogen and oxygen atoms in total. The van der Waals surface area contributed by atoms with Crippen LogP contribution in [-0.2, 0) is 10.3 Å². The van der Waals surface area contributed by atoms with Gasteiger partial charge in [-0.05, 0) is 43.4 Å². The summed E-state index contributed by atoms with van der Waals surface area (Å²) in [6.07, 6.45) is 8.98. The summed E-state index contributed by atoms with van der Waals surface area (Å²) in [5.41, 5.74) is 0.881. The molecule has 1 aromatic rings. The van der Waals surface area contributed by atoms with Crippen molar-refractivity contribution in [1.29, 1.82) is 0 Å². The normalized spacial score (nSPS) is 22.8. The van der Waals surface area contributed by atoms with Gasteiger partial charge in [-0.15, -0.1) is 0 Å². The van der Waals surface area contributed by atoms with Crippen LogP contribution in [-0.4, -0.2) is 32.4 Å². The third-order valence-electron chi connectivity index (χ3n) is 5.47. The highest BCUT2D eigenvalue weighted by atomic mass is 16.5. The number of carbonyl (C=O) groups is 1.